The van der Waals surface area contributed by atoms with Crippen LogP contribution >= 0.6 is 0 Å². The number of hydrogen-bond acceptors (Lipinski definition) is 4. The number of nitrogens with zero attached hydrogens (tertiary/aromatic N) is 3. The van der Waals surface area contributed by atoms with Gasteiger partial charge in [-0.05, 0) is 0 Å². The minimum absolute atomic E-state index is 1.25. The zero-order chi connectivity index (χ0) is 15.7. The monoisotopic (exact) mass is 256 g/mol. The highest BCUT2D eigenvalue weighted by Gasteiger charge is 2.06. The summed E-state index contributed by atoms with van der Waals surface area (Å²) < 4.78 is 29.0. The minimum Gasteiger partial charge on any atom is -0.254 e. The third-order valence-corrected chi connectivity index (χ3v) is 0. The molecule has 0 atom stereocenters. The topological polar surface area (TPSA) is 83.8 Å². The van der Waals surface area contributed by atoms with Crippen LogP contribution in [0.5, 0.6) is 0 Å². The second-order valence-corrected chi connectivity index (χ2v) is 1.89. The molecule has 0 fully saturated rings. The van der Waals surface area contributed by atoms with E-state index >= 15 is 0 Å². The number of rotatable bonds is 0. The molecule has 0 amide bonds. The highest BCUT2D eigenvalue weighted by molar-refractivity contribution is 6.33. The van der Waals surface area contributed by atoms with Gasteiger partial charge in [-0.3, -0.25) is 12.9 Å². The maximum Gasteiger partial charge on any atom is 0.762 e. The number of hydrogen-bond donors (Lipinski definition) is 1. The zero-order valence-electron chi connectivity index (χ0n) is 11.4. The maximum atomic E-state index is 9.67. The average molecular weight is 256 g/mol. The summed E-state index contributed by atoms with van der Waals surface area (Å²) in [5.41, 5.74) is 5.83. The van der Waals surface area contributed by atoms with Crippen LogP contribution in [-0.4, -0.2) is 14.6 Å². The lowest BCUT2D eigenvalue weighted by Gasteiger charge is -1.55. The van der Waals surface area contributed by atoms with E-state index in [4.69, 9.17) is 16.3 Å². The molecule has 0 spiro atoms. The molecule has 8 heteroatoms. The Bertz CT molecular complexity index is 101. The Hall–Kier alpha value is -1.39. The molecule has 0 aromatic carbocycles. The van der Waals surface area contributed by atoms with Crippen LogP contribution in [0.25, 0.3) is 0 Å². The summed E-state index contributed by atoms with van der Waals surface area (Å²) in [6.07, 6.45) is 2.50. The first-order chi connectivity index (χ1) is 7.97. The predicted molar refractivity (Wildman–Crippen MR) is 66.8 cm³/mol. The van der Waals surface area contributed by atoms with Gasteiger partial charge in [0.2, 0.25) is 0 Å². The van der Waals surface area contributed by atoms with Gasteiger partial charge in [0.05, 0.1) is 0 Å². The Balaban J connectivity index is -0.0000000218. The van der Waals surface area contributed by atoms with Crippen molar-refractivity contribution in [3.63, 3.8) is 0 Å². The van der Waals surface area contributed by atoms with Crippen LogP contribution < -0.4 is 0 Å². The summed E-state index contributed by atoms with van der Waals surface area (Å²) in [5, 5.41) is 14.8. The molecule has 0 radical (unpaired) electrons. The predicted octanol–water partition coefficient (Wildman–Crippen LogP) is 5.19. The van der Waals surface area contributed by atoms with Crippen molar-refractivity contribution in [1.82, 2.24) is 0 Å². The van der Waals surface area contributed by atoms with E-state index < -0.39 is 7.54 Å². The van der Waals surface area contributed by atoms with Crippen molar-refractivity contribution in [1.29, 1.82) is 16.3 Å². The Labute approximate surface area is 103 Å². The molecule has 104 valence electrons. The van der Waals surface area contributed by atoms with Gasteiger partial charge in [0.25, 0.3) is 0 Å². The zero-order valence-corrected chi connectivity index (χ0v) is 11.4. The Morgan fingerprint density at radius 2 is 1.00 bits per heavy atom. The highest BCUT2D eigenvalue weighted by Crippen LogP contribution is 1.80. The quantitative estimate of drug-likeness (QED) is 0.280. The summed E-state index contributed by atoms with van der Waals surface area (Å²) in [4.78, 5) is 0. The SMILES string of the molecule is C=C.CCC.CCC.CN=N.FB(F)F.N#N. The molecule has 0 aliphatic carbocycles. The standard InChI is InChI=1S/2C3H8.C2H4.CH4N2.BF3.N2/c2*1-3-2;1-2;1-3-2;2-1(3)4;1-2/h2*3H2,1-2H3;1-2H2;2H,1H3;;. The van der Waals surface area contributed by atoms with Crippen molar-refractivity contribution in [3.8, 4) is 0 Å². The first kappa shape index (κ1) is 36.1. The van der Waals surface area contributed by atoms with Crippen LogP contribution in [-0.2, 0) is 0 Å². The summed E-state index contributed by atoms with van der Waals surface area (Å²) in [6.45, 7) is 14.5. The van der Waals surface area contributed by atoms with Gasteiger partial charge < -0.3 is 0 Å². The van der Waals surface area contributed by atoms with Crippen molar-refractivity contribution >= 4 is 7.54 Å². The lowest BCUT2D eigenvalue weighted by molar-refractivity contribution is 0.535. The van der Waals surface area contributed by atoms with Crippen LogP contribution in [0, 0.1) is 16.3 Å². The molecule has 0 rings (SSSR count). The van der Waals surface area contributed by atoms with E-state index in [9.17, 15) is 12.9 Å². The van der Waals surface area contributed by atoms with Crippen molar-refractivity contribution in [2.24, 2.45) is 5.11 Å². The molecular weight excluding hydrogens is 232 g/mol. The molecule has 0 unspecified atom stereocenters. The molecule has 0 heterocycles. The van der Waals surface area contributed by atoms with Crippen LogP contribution in [0.3, 0.4) is 0 Å². The second-order valence-electron chi connectivity index (χ2n) is 1.89. The van der Waals surface area contributed by atoms with Crippen LogP contribution in [0.1, 0.15) is 40.5 Å². The van der Waals surface area contributed by atoms with Gasteiger partial charge in [-0.1, -0.05) is 40.5 Å². The third kappa shape index (κ3) is 1210. The molecule has 0 bridgehead atoms. The average Bonchev–Trinajstić information content (AvgIpc) is 2.25. The van der Waals surface area contributed by atoms with Crippen molar-refractivity contribution in [3.05, 3.63) is 13.2 Å². The first-order valence-electron chi connectivity index (χ1n) is 4.85. The van der Waals surface area contributed by atoms with E-state index in [1.807, 2.05) is 0 Å². The molecule has 0 aromatic rings. The van der Waals surface area contributed by atoms with E-state index in [2.05, 4.69) is 46.0 Å². The highest BCUT2D eigenvalue weighted by atomic mass is 19.4. The fraction of sp³-hybridized carbons (Fsp3) is 0.778. The molecule has 0 aliphatic rings. The Morgan fingerprint density at radius 3 is 1.00 bits per heavy atom. The Morgan fingerprint density at radius 1 is 1.00 bits per heavy atom. The smallest absolute Gasteiger partial charge is 0.254 e. The van der Waals surface area contributed by atoms with Crippen LogP contribution in [0.4, 0.5) is 12.9 Å². The molecule has 1 N–H and O–H groups in total. The third-order valence-electron chi connectivity index (χ3n) is 0. The molecule has 0 saturated carbocycles. The lowest BCUT2D eigenvalue weighted by atomic mass is 10.5. The van der Waals surface area contributed by atoms with Gasteiger partial charge in [-0.25, -0.2) is 10.6 Å². The minimum atomic E-state index is -3.67. The molecule has 0 saturated heterocycles. The van der Waals surface area contributed by atoms with Gasteiger partial charge in [0.1, 0.15) is 0 Å². The van der Waals surface area contributed by atoms with Gasteiger partial charge in [0.15, 0.2) is 0 Å². The normalized spacial score (nSPS) is 4.82. The van der Waals surface area contributed by atoms with Gasteiger partial charge in [0, 0.05) is 17.8 Å². The van der Waals surface area contributed by atoms with E-state index in [0.717, 1.165) is 0 Å². The van der Waals surface area contributed by atoms with Gasteiger partial charge >= 0.3 is 7.54 Å². The van der Waals surface area contributed by atoms with Crippen molar-refractivity contribution < 1.29 is 12.9 Å². The molecular formula is C9H24BF3N4. The van der Waals surface area contributed by atoms with Crippen LogP contribution in [0.2, 0.25) is 0 Å². The maximum absolute atomic E-state index is 9.67. The summed E-state index contributed by atoms with van der Waals surface area (Å²) in [5.74, 6) is 0. The Kier molecular flexibility index (Phi) is 270. The fourth-order valence-electron chi connectivity index (χ4n) is 0. The molecule has 0 aromatic heterocycles. The van der Waals surface area contributed by atoms with Gasteiger partial charge in [-0.2, -0.15) is 0 Å². The van der Waals surface area contributed by atoms with E-state index in [1.54, 1.807) is 0 Å². The summed E-state index contributed by atoms with van der Waals surface area (Å²) in [7, 11) is -2.25. The number of halogens is 3. The van der Waals surface area contributed by atoms with Gasteiger partial charge in [-0.15, -0.1) is 13.2 Å². The molecule has 0 aliphatic heterocycles. The largest absolute Gasteiger partial charge is 0.762 e. The van der Waals surface area contributed by atoms with E-state index in [-0.39, 0.29) is 0 Å². The second kappa shape index (κ2) is 127. The fourth-order valence-corrected chi connectivity index (χ4v) is 0. The lowest BCUT2D eigenvalue weighted by Crippen LogP contribution is -1.76. The van der Waals surface area contributed by atoms with E-state index in [0.29, 0.717) is 0 Å². The van der Waals surface area contributed by atoms with Crippen LogP contribution in [0.15, 0.2) is 18.3 Å². The summed E-state index contributed by atoms with van der Waals surface area (Å²) >= 11 is 0. The van der Waals surface area contributed by atoms with Crippen molar-refractivity contribution in [2.45, 2.75) is 40.5 Å². The molecule has 4 nitrogen and oxygen atoms in total. The molecule has 17 heavy (non-hydrogen) atoms. The number of nitrogens with one attached hydrogen (secondary N) is 1. The first-order valence-corrected chi connectivity index (χ1v) is 4.85. The van der Waals surface area contributed by atoms with Crippen molar-refractivity contribution in [2.75, 3.05) is 7.05 Å². The summed E-state index contributed by atoms with van der Waals surface area (Å²) in [6, 6.07) is 0. The van der Waals surface area contributed by atoms with E-state index in [1.165, 1.54) is 19.9 Å².